The van der Waals surface area contributed by atoms with Crippen LogP contribution in [-0.4, -0.2) is 71.0 Å². The maximum atomic E-state index is 13.5. The fourth-order valence-electron chi connectivity index (χ4n) is 5.32. The van der Waals surface area contributed by atoms with Crippen molar-refractivity contribution in [1.82, 2.24) is 10.2 Å². The highest BCUT2D eigenvalue weighted by Crippen LogP contribution is 2.47. The maximum absolute atomic E-state index is 13.5. The van der Waals surface area contributed by atoms with Gasteiger partial charge in [0.25, 0.3) is 0 Å². The molecule has 1 aromatic carbocycles. The van der Waals surface area contributed by atoms with Crippen LogP contribution in [-0.2, 0) is 9.59 Å². The van der Waals surface area contributed by atoms with Crippen LogP contribution >= 0.6 is 0 Å². The molecule has 1 fully saturated rings. The Bertz CT molecular complexity index is 945. The highest BCUT2D eigenvalue weighted by atomic mass is 19.4. The lowest BCUT2D eigenvalue weighted by atomic mass is 9.77. The molecule has 4 rings (SSSR count). The fraction of sp³-hybridized carbons (Fsp3) is 0.583. The number of hydrogen-bond donors (Lipinski definition) is 3. The first kappa shape index (κ1) is 24.5. The number of ether oxygens (including phenoxy) is 1. The van der Waals surface area contributed by atoms with Crippen molar-refractivity contribution in [1.29, 1.82) is 0 Å². The molecule has 2 amide bonds. The molecule has 186 valence electrons. The molecule has 1 aliphatic heterocycles. The summed E-state index contributed by atoms with van der Waals surface area (Å²) < 4.78 is 46.5. The van der Waals surface area contributed by atoms with Crippen LogP contribution in [0.5, 0.6) is 5.75 Å². The SMILES string of the molecule is O=C(NCCO)C1=C[C@@H](N(CC(F)(F)F)C(=O)CC2CCCC2)[C@H](O)[C@H]2Oc3ccccc3[C@@H]12. The number of fused-ring (bicyclic) bond motifs is 3. The van der Waals surface area contributed by atoms with Crippen molar-refractivity contribution >= 4 is 11.8 Å². The lowest BCUT2D eigenvalue weighted by Crippen LogP contribution is -2.57. The molecule has 3 N–H and O–H groups in total. The zero-order valence-corrected chi connectivity index (χ0v) is 18.6. The quantitative estimate of drug-likeness (QED) is 0.554. The summed E-state index contributed by atoms with van der Waals surface area (Å²) in [4.78, 5) is 26.7. The molecule has 0 saturated heterocycles. The first-order valence-electron chi connectivity index (χ1n) is 11.6. The number of benzene rings is 1. The van der Waals surface area contributed by atoms with Crippen LogP contribution < -0.4 is 10.1 Å². The fourth-order valence-corrected chi connectivity index (χ4v) is 5.32. The minimum absolute atomic E-state index is 0.0139. The molecule has 0 spiro atoms. The maximum Gasteiger partial charge on any atom is 0.406 e. The Hall–Kier alpha value is -2.59. The Balaban J connectivity index is 1.71. The third-order valence-corrected chi connectivity index (χ3v) is 6.85. The second kappa shape index (κ2) is 9.95. The van der Waals surface area contributed by atoms with E-state index in [4.69, 9.17) is 9.84 Å². The summed E-state index contributed by atoms with van der Waals surface area (Å²) in [5.74, 6) is -1.55. The van der Waals surface area contributed by atoms with E-state index in [1.165, 1.54) is 6.08 Å². The van der Waals surface area contributed by atoms with Gasteiger partial charge in [-0.25, -0.2) is 0 Å². The lowest BCUT2D eigenvalue weighted by molar-refractivity contribution is -0.170. The molecule has 0 radical (unpaired) electrons. The summed E-state index contributed by atoms with van der Waals surface area (Å²) >= 11 is 0. The first-order chi connectivity index (χ1) is 16.2. The number of carbonyl (C=O) groups is 2. The molecule has 1 aromatic rings. The van der Waals surface area contributed by atoms with Crippen molar-refractivity contribution in [2.45, 2.75) is 62.4 Å². The normalized spacial score (nSPS) is 26.3. The molecule has 0 unspecified atom stereocenters. The minimum Gasteiger partial charge on any atom is -0.486 e. The first-order valence-corrected chi connectivity index (χ1v) is 11.6. The molecule has 7 nitrogen and oxygen atoms in total. The van der Waals surface area contributed by atoms with Crippen molar-refractivity contribution in [2.24, 2.45) is 5.92 Å². The Morgan fingerprint density at radius 2 is 1.88 bits per heavy atom. The number of aliphatic hydroxyl groups excluding tert-OH is 2. The van der Waals surface area contributed by atoms with Gasteiger partial charge in [0, 0.05) is 24.1 Å². The monoisotopic (exact) mass is 482 g/mol. The molecule has 4 atom stereocenters. The molecule has 0 bridgehead atoms. The zero-order chi connectivity index (χ0) is 24.5. The number of rotatable bonds is 7. The van der Waals surface area contributed by atoms with Crippen molar-refractivity contribution in [2.75, 3.05) is 19.7 Å². The molecular weight excluding hydrogens is 453 g/mol. The highest BCUT2D eigenvalue weighted by molar-refractivity contribution is 5.96. The Morgan fingerprint density at radius 1 is 1.18 bits per heavy atom. The second-order valence-electron chi connectivity index (χ2n) is 9.17. The summed E-state index contributed by atoms with van der Waals surface area (Å²) in [6.45, 7) is -1.89. The minimum atomic E-state index is -4.69. The van der Waals surface area contributed by atoms with Crippen LogP contribution in [0.15, 0.2) is 35.9 Å². The van der Waals surface area contributed by atoms with Gasteiger partial charge in [-0.05, 0) is 30.9 Å². The molecule has 3 aliphatic rings. The molecule has 10 heteroatoms. The number of alkyl halides is 3. The van der Waals surface area contributed by atoms with Gasteiger partial charge in [0.2, 0.25) is 11.8 Å². The second-order valence-corrected chi connectivity index (χ2v) is 9.17. The molecular formula is C24H29F3N2O5. The summed E-state index contributed by atoms with van der Waals surface area (Å²) in [6.07, 6.45) is -2.51. The Labute approximate surface area is 195 Å². The largest absolute Gasteiger partial charge is 0.486 e. The van der Waals surface area contributed by atoms with E-state index < -0.39 is 48.7 Å². The van der Waals surface area contributed by atoms with E-state index in [9.17, 15) is 27.9 Å². The summed E-state index contributed by atoms with van der Waals surface area (Å²) in [5.41, 5.74) is 0.745. The molecule has 34 heavy (non-hydrogen) atoms. The van der Waals surface area contributed by atoms with Gasteiger partial charge in [0.15, 0.2) is 0 Å². The average Bonchev–Trinajstić information content (AvgIpc) is 3.44. The van der Waals surface area contributed by atoms with Gasteiger partial charge in [-0.15, -0.1) is 0 Å². The third kappa shape index (κ3) is 5.07. The van der Waals surface area contributed by atoms with Crippen molar-refractivity contribution in [3.05, 3.63) is 41.5 Å². The topological polar surface area (TPSA) is 99.1 Å². The van der Waals surface area contributed by atoms with Gasteiger partial charge in [-0.1, -0.05) is 31.0 Å². The number of carbonyl (C=O) groups excluding carboxylic acids is 2. The van der Waals surface area contributed by atoms with Crippen molar-refractivity contribution < 1.29 is 37.7 Å². The van der Waals surface area contributed by atoms with E-state index in [1.54, 1.807) is 24.3 Å². The number of amides is 2. The van der Waals surface area contributed by atoms with Gasteiger partial charge in [-0.2, -0.15) is 13.2 Å². The predicted molar refractivity (Wildman–Crippen MR) is 116 cm³/mol. The average molecular weight is 482 g/mol. The summed E-state index contributed by atoms with van der Waals surface area (Å²) in [7, 11) is 0. The number of hydrogen-bond acceptors (Lipinski definition) is 5. The number of aliphatic hydroxyl groups is 2. The smallest absolute Gasteiger partial charge is 0.406 e. The summed E-state index contributed by atoms with van der Waals surface area (Å²) in [5, 5.41) is 22.8. The zero-order valence-electron chi connectivity index (χ0n) is 18.6. The van der Waals surface area contributed by atoms with Crippen LogP contribution in [0, 0.1) is 5.92 Å². The van der Waals surface area contributed by atoms with Crippen molar-refractivity contribution in [3.63, 3.8) is 0 Å². The van der Waals surface area contributed by atoms with E-state index in [0.717, 1.165) is 25.7 Å². The number of nitrogens with one attached hydrogen (secondary N) is 1. The van der Waals surface area contributed by atoms with Gasteiger partial charge in [0.05, 0.1) is 18.6 Å². The Kier molecular flexibility index (Phi) is 7.18. The predicted octanol–water partition coefficient (Wildman–Crippen LogP) is 2.28. The van der Waals surface area contributed by atoms with Crippen molar-refractivity contribution in [3.8, 4) is 5.75 Å². The summed E-state index contributed by atoms with van der Waals surface area (Å²) in [6, 6.07) is 5.47. The highest BCUT2D eigenvalue weighted by Gasteiger charge is 2.51. The third-order valence-electron chi connectivity index (χ3n) is 6.85. The van der Waals surface area contributed by atoms with Crippen LogP contribution in [0.1, 0.15) is 43.6 Å². The van der Waals surface area contributed by atoms with Crippen LogP contribution in [0.3, 0.4) is 0 Å². The molecule has 1 heterocycles. The van der Waals surface area contributed by atoms with E-state index in [0.29, 0.717) is 16.2 Å². The number of halogens is 3. The van der Waals surface area contributed by atoms with Crippen LogP contribution in [0.25, 0.3) is 0 Å². The van der Waals surface area contributed by atoms with E-state index >= 15 is 0 Å². The lowest BCUT2D eigenvalue weighted by Gasteiger charge is -2.41. The number of nitrogens with zero attached hydrogens (tertiary/aromatic N) is 1. The van der Waals surface area contributed by atoms with E-state index in [-0.39, 0.29) is 31.1 Å². The van der Waals surface area contributed by atoms with E-state index in [2.05, 4.69) is 5.32 Å². The van der Waals surface area contributed by atoms with Gasteiger partial charge in [-0.3, -0.25) is 9.59 Å². The standard InChI is InChI=1S/C24H29F3N2O5/c25-24(26,27)13-29(19(31)11-14-5-1-2-6-14)17-12-16(23(33)28-9-10-30)20-15-7-3-4-8-18(15)34-22(20)21(17)32/h3-4,7-8,12,14,17,20-22,30,32H,1-2,5-6,9-11,13H2,(H,28,33)/t17-,20+,21+,22+/m1/s1. The van der Waals surface area contributed by atoms with Gasteiger partial charge < -0.3 is 25.2 Å². The Morgan fingerprint density at radius 3 is 2.56 bits per heavy atom. The van der Waals surface area contributed by atoms with Crippen LogP contribution in [0.4, 0.5) is 13.2 Å². The molecule has 2 aliphatic carbocycles. The van der Waals surface area contributed by atoms with Crippen LogP contribution in [0.2, 0.25) is 0 Å². The molecule has 1 saturated carbocycles. The van der Waals surface area contributed by atoms with Gasteiger partial charge >= 0.3 is 6.18 Å². The van der Waals surface area contributed by atoms with E-state index in [1.807, 2.05) is 0 Å². The molecule has 0 aromatic heterocycles. The van der Waals surface area contributed by atoms with Gasteiger partial charge in [0.1, 0.15) is 24.5 Å². The number of para-hydroxylation sites is 1.